The van der Waals surface area contributed by atoms with Crippen molar-refractivity contribution in [3.8, 4) is 0 Å². The van der Waals surface area contributed by atoms with E-state index in [0.717, 1.165) is 0 Å². The zero-order valence-corrected chi connectivity index (χ0v) is 7.81. The van der Waals surface area contributed by atoms with Gasteiger partial charge >= 0.3 is 17.2 Å². The second kappa shape index (κ2) is 3.91. The van der Waals surface area contributed by atoms with Crippen molar-refractivity contribution in [3.05, 3.63) is 37.8 Å². The predicted molar refractivity (Wildman–Crippen MR) is 49.8 cm³/mol. The molecule has 1 rings (SSSR count). The van der Waals surface area contributed by atoms with Crippen LogP contribution in [0, 0.1) is 17.0 Å². The Morgan fingerprint density at radius 1 is 1.67 bits per heavy atom. The molecule has 0 amide bonds. The lowest BCUT2D eigenvalue weighted by molar-refractivity contribution is -0.386. The number of hydrogen-bond donors (Lipinski definition) is 2. The zero-order chi connectivity index (χ0) is 11.6. The molecule has 0 radical (unpaired) electrons. The van der Waals surface area contributed by atoms with Gasteiger partial charge in [-0.05, 0) is 12.5 Å². The van der Waals surface area contributed by atoms with Crippen LogP contribution in [0.5, 0.6) is 0 Å². The number of hydrogen-bond acceptors (Lipinski definition) is 4. The quantitative estimate of drug-likeness (QED) is 0.549. The van der Waals surface area contributed by atoms with E-state index in [9.17, 15) is 19.7 Å². The number of nitrogens with zero attached hydrogens (tertiary/aromatic N) is 1. The molecule has 7 heteroatoms. The highest BCUT2D eigenvalue weighted by molar-refractivity contribution is 5.71. The van der Waals surface area contributed by atoms with E-state index in [4.69, 9.17) is 5.11 Å². The fraction of sp³-hybridized carbons (Fsp3) is 0.250. The van der Waals surface area contributed by atoms with Crippen LogP contribution in [-0.2, 0) is 11.2 Å². The average molecular weight is 212 g/mol. The Morgan fingerprint density at radius 3 is 2.73 bits per heavy atom. The molecule has 0 saturated heterocycles. The van der Waals surface area contributed by atoms with E-state index in [1.807, 2.05) is 0 Å². The van der Waals surface area contributed by atoms with E-state index in [2.05, 4.69) is 4.98 Å². The number of carbonyl (C=O) groups is 1. The standard InChI is InChI=1S/C8H8N2O5/c1-4-5(2-6(11)12)3-9-8(13)7(4)10(14)15/h3H,2H2,1H3,(H,9,13)(H,11,12). The van der Waals surface area contributed by atoms with E-state index >= 15 is 0 Å². The van der Waals surface area contributed by atoms with E-state index in [-0.39, 0.29) is 17.5 Å². The molecule has 1 aromatic rings. The molecule has 1 heterocycles. The topological polar surface area (TPSA) is 113 Å². The average Bonchev–Trinajstić information content (AvgIpc) is 2.09. The lowest BCUT2D eigenvalue weighted by Gasteiger charge is -2.02. The highest BCUT2D eigenvalue weighted by atomic mass is 16.6. The maximum Gasteiger partial charge on any atom is 0.337 e. The van der Waals surface area contributed by atoms with Crippen molar-refractivity contribution in [2.24, 2.45) is 0 Å². The number of aliphatic carboxylic acids is 1. The van der Waals surface area contributed by atoms with Crippen LogP contribution in [0.1, 0.15) is 11.1 Å². The summed E-state index contributed by atoms with van der Waals surface area (Å²) in [6, 6.07) is 0. The van der Waals surface area contributed by atoms with Gasteiger partial charge in [0.15, 0.2) is 0 Å². The van der Waals surface area contributed by atoms with Gasteiger partial charge in [-0.25, -0.2) is 0 Å². The molecule has 0 saturated carbocycles. The first-order valence-electron chi connectivity index (χ1n) is 4.01. The van der Waals surface area contributed by atoms with Crippen LogP contribution in [0.25, 0.3) is 0 Å². The van der Waals surface area contributed by atoms with Crippen LogP contribution in [0.2, 0.25) is 0 Å². The van der Waals surface area contributed by atoms with Gasteiger partial charge in [-0.3, -0.25) is 19.7 Å². The largest absolute Gasteiger partial charge is 0.481 e. The lowest BCUT2D eigenvalue weighted by atomic mass is 10.1. The number of aromatic amines is 1. The van der Waals surface area contributed by atoms with Gasteiger partial charge in [-0.1, -0.05) is 0 Å². The Kier molecular flexibility index (Phi) is 2.84. The predicted octanol–water partition coefficient (Wildman–Crippen LogP) is 0.219. The summed E-state index contributed by atoms with van der Waals surface area (Å²) in [6.45, 7) is 1.35. The highest BCUT2D eigenvalue weighted by Crippen LogP contribution is 2.15. The molecule has 0 atom stereocenters. The summed E-state index contributed by atoms with van der Waals surface area (Å²) >= 11 is 0. The number of carboxylic acid groups (broad SMARTS) is 1. The van der Waals surface area contributed by atoms with Crippen LogP contribution >= 0.6 is 0 Å². The first kappa shape index (κ1) is 10.9. The Bertz CT molecular complexity index is 476. The summed E-state index contributed by atoms with van der Waals surface area (Å²) in [6.07, 6.45) is 0.822. The summed E-state index contributed by atoms with van der Waals surface area (Å²) in [4.78, 5) is 33.3. The zero-order valence-electron chi connectivity index (χ0n) is 7.81. The van der Waals surface area contributed by atoms with Crippen molar-refractivity contribution < 1.29 is 14.8 Å². The minimum Gasteiger partial charge on any atom is -0.481 e. The summed E-state index contributed by atoms with van der Waals surface area (Å²) in [5.41, 5.74) is -1.11. The summed E-state index contributed by atoms with van der Waals surface area (Å²) in [7, 11) is 0. The van der Waals surface area contributed by atoms with Gasteiger partial charge in [0.1, 0.15) is 0 Å². The molecule has 0 aliphatic rings. The molecule has 0 aliphatic heterocycles. The van der Waals surface area contributed by atoms with Gasteiger partial charge in [-0.15, -0.1) is 0 Å². The van der Waals surface area contributed by atoms with E-state index in [1.165, 1.54) is 13.1 Å². The summed E-state index contributed by atoms with van der Waals surface area (Å²) in [5.74, 6) is -1.11. The minimum atomic E-state index is -1.11. The third-order valence-electron chi connectivity index (χ3n) is 1.95. The Hall–Kier alpha value is -2.18. The van der Waals surface area contributed by atoms with Crippen molar-refractivity contribution in [2.75, 3.05) is 0 Å². The third kappa shape index (κ3) is 2.19. The first-order chi connectivity index (χ1) is 6.93. The minimum absolute atomic E-state index is 0.0890. The molecule has 0 spiro atoms. The summed E-state index contributed by atoms with van der Waals surface area (Å²) < 4.78 is 0. The van der Waals surface area contributed by atoms with Crippen molar-refractivity contribution in [1.29, 1.82) is 0 Å². The molecule has 7 nitrogen and oxygen atoms in total. The summed E-state index contributed by atoms with van der Waals surface area (Å²) in [5, 5.41) is 19.0. The maximum absolute atomic E-state index is 11.1. The molecule has 0 unspecified atom stereocenters. The van der Waals surface area contributed by atoms with Crippen molar-refractivity contribution in [2.45, 2.75) is 13.3 Å². The normalized spacial score (nSPS) is 9.93. The van der Waals surface area contributed by atoms with Crippen LogP contribution in [0.3, 0.4) is 0 Å². The number of rotatable bonds is 3. The van der Waals surface area contributed by atoms with Crippen LogP contribution in [-0.4, -0.2) is 21.0 Å². The Labute approximate surface area is 83.5 Å². The third-order valence-corrected chi connectivity index (χ3v) is 1.95. The lowest BCUT2D eigenvalue weighted by Crippen LogP contribution is -2.15. The Morgan fingerprint density at radius 2 is 2.27 bits per heavy atom. The molecule has 1 aromatic heterocycles. The van der Waals surface area contributed by atoms with Gasteiger partial charge in [0, 0.05) is 11.8 Å². The molecule has 0 fully saturated rings. The second-order valence-electron chi connectivity index (χ2n) is 2.94. The van der Waals surface area contributed by atoms with Crippen LogP contribution in [0.15, 0.2) is 11.0 Å². The van der Waals surface area contributed by atoms with Crippen LogP contribution < -0.4 is 5.56 Å². The number of pyridine rings is 1. The maximum atomic E-state index is 11.1. The molecular formula is C8H8N2O5. The first-order valence-corrected chi connectivity index (χ1v) is 4.01. The molecule has 15 heavy (non-hydrogen) atoms. The second-order valence-corrected chi connectivity index (χ2v) is 2.94. The number of carboxylic acids is 1. The number of aromatic nitrogens is 1. The number of H-pyrrole nitrogens is 1. The molecule has 2 N–H and O–H groups in total. The number of nitrogens with one attached hydrogen (secondary N) is 1. The van der Waals surface area contributed by atoms with Crippen molar-refractivity contribution in [3.63, 3.8) is 0 Å². The van der Waals surface area contributed by atoms with Gasteiger partial charge < -0.3 is 10.1 Å². The molecule has 80 valence electrons. The molecule has 0 aromatic carbocycles. The fourth-order valence-electron chi connectivity index (χ4n) is 1.22. The highest BCUT2D eigenvalue weighted by Gasteiger charge is 2.20. The van der Waals surface area contributed by atoms with Crippen LogP contribution in [0.4, 0.5) is 5.69 Å². The number of nitro groups is 1. The van der Waals surface area contributed by atoms with Crippen molar-refractivity contribution in [1.82, 2.24) is 4.98 Å². The fourth-order valence-corrected chi connectivity index (χ4v) is 1.22. The molecule has 0 aliphatic carbocycles. The van der Waals surface area contributed by atoms with Gasteiger partial charge in [0.2, 0.25) is 0 Å². The van der Waals surface area contributed by atoms with E-state index < -0.39 is 22.1 Å². The van der Waals surface area contributed by atoms with E-state index in [1.54, 1.807) is 0 Å². The monoisotopic (exact) mass is 212 g/mol. The SMILES string of the molecule is Cc1c(CC(=O)O)c[nH]c(=O)c1[N+](=O)[O-]. The Balaban J connectivity index is 3.35. The van der Waals surface area contributed by atoms with Gasteiger partial charge in [0.25, 0.3) is 0 Å². The van der Waals surface area contributed by atoms with E-state index in [0.29, 0.717) is 0 Å². The molecular weight excluding hydrogens is 204 g/mol. The van der Waals surface area contributed by atoms with Gasteiger partial charge in [-0.2, -0.15) is 0 Å². The smallest absolute Gasteiger partial charge is 0.337 e. The van der Waals surface area contributed by atoms with Gasteiger partial charge in [0.05, 0.1) is 11.3 Å². The molecule has 0 bridgehead atoms. The van der Waals surface area contributed by atoms with Crippen molar-refractivity contribution >= 4 is 11.7 Å².